The van der Waals surface area contributed by atoms with Gasteiger partial charge in [-0.2, -0.15) is 0 Å². The Bertz CT molecular complexity index is 812. The second-order valence-electron chi connectivity index (χ2n) is 7.70. The highest BCUT2D eigenvalue weighted by Crippen LogP contribution is 2.65. The summed E-state index contributed by atoms with van der Waals surface area (Å²) in [5, 5.41) is 2.74. The van der Waals surface area contributed by atoms with Crippen LogP contribution in [0.1, 0.15) is 6.42 Å². The van der Waals surface area contributed by atoms with Crippen molar-refractivity contribution in [1.29, 1.82) is 0 Å². The fourth-order valence-corrected chi connectivity index (χ4v) is 5.22. The van der Waals surface area contributed by atoms with Crippen molar-refractivity contribution in [3.8, 4) is 5.75 Å². The predicted octanol–water partition coefficient (Wildman–Crippen LogP) is 1.69. The van der Waals surface area contributed by atoms with Crippen molar-refractivity contribution in [2.75, 3.05) is 19.0 Å². The predicted molar refractivity (Wildman–Crippen MR) is 93.0 cm³/mol. The smallest absolute Gasteiger partial charge is 0.244 e. The van der Waals surface area contributed by atoms with Gasteiger partial charge in [0.15, 0.2) is 0 Å². The molecule has 0 aromatic heterocycles. The van der Waals surface area contributed by atoms with Crippen LogP contribution in [0.4, 0.5) is 5.69 Å². The molecule has 26 heavy (non-hydrogen) atoms. The summed E-state index contributed by atoms with van der Waals surface area (Å²) in [4.78, 5) is 39.3. The fourth-order valence-electron chi connectivity index (χ4n) is 5.22. The fraction of sp³-hybridized carbons (Fsp3) is 0.450. The van der Waals surface area contributed by atoms with Crippen molar-refractivity contribution in [2.24, 2.45) is 35.5 Å². The molecule has 3 amide bonds. The molecule has 3 fully saturated rings. The van der Waals surface area contributed by atoms with Gasteiger partial charge >= 0.3 is 0 Å². The van der Waals surface area contributed by atoms with Crippen LogP contribution in [0.3, 0.4) is 0 Å². The van der Waals surface area contributed by atoms with Gasteiger partial charge in [0, 0.05) is 11.8 Å². The van der Waals surface area contributed by atoms with Crippen LogP contribution < -0.4 is 10.1 Å². The van der Waals surface area contributed by atoms with Crippen LogP contribution in [0.15, 0.2) is 36.4 Å². The number of nitrogens with zero attached hydrogens (tertiary/aromatic N) is 1. The van der Waals surface area contributed by atoms with E-state index < -0.39 is 0 Å². The van der Waals surface area contributed by atoms with Crippen molar-refractivity contribution in [1.82, 2.24) is 4.90 Å². The lowest BCUT2D eigenvalue weighted by atomic mass is 9.63. The molecule has 5 aliphatic rings. The van der Waals surface area contributed by atoms with Crippen molar-refractivity contribution < 1.29 is 19.1 Å². The van der Waals surface area contributed by atoms with Crippen LogP contribution >= 0.6 is 0 Å². The van der Waals surface area contributed by atoms with Crippen LogP contribution in [0.25, 0.3) is 0 Å². The van der Waals surface area contributed by atoms with E-state index in [9.17, 15) is 14.4 Å². The van der Waals surface area contributed by atoms with Crippen molar-refractivity contribution >= 4 is 23.4 Å². The van der Waals surface area contributed by atoms with Crippen molar-refractivity contribution in [3.63, 3.8) is 0 Å². The molecule has 6 atom stereocenters. The SMILES string of the molecule is COc1cccc(NC(=O)CN2C(=O)C3C4C=CC(C5CC45)C3C2=O)c1. The van der Waals surface area contributed by atoms with E-state index in [2.05, 4.69) is 17.5 Å². The lowest BCUT2D eigenvalue weighted by Crippen LogP contribution is -2.40. The molecule has 6 unspecified atom stereocenters. The molecule has 2 bridgehead atoms. The summed E-state index contributed by atoms with van der Waals surface area (Å²) in [5.41, 5.74) is 0.578. The first-order chi connectivity index (χ1) is 12.6. The minimum Gasteiger partial charge on any atom is -0.497 e. The number of methoxy groups -OCH3 is 1. The normalized spacial score (nSPS) is 36.0. The Hall–Kier alpha value is -2.63. The number of carbonyl (C=O) groups is 3. The third kappa shape index (κ3) is 2.14. The number of nitrogens with one attached hydrogen (secondary N) is 1. The molecule has 1 aromatic carbocycles. The van der Waals surface area contributed by atoms with Gasteiger partial charge in [-0.25, -0.2) is 0 Å². The Kier molecular flexibility index (Phi) is 3.26. The van der Waals surface area contributed by atoms with E-state index in [-0.39, 0.29) is 47.9 Å². The van der Waals surface area contributed by atoms with Gasteiger partial charge < -0.3 is 10.1 Å². The summed E-state index contributed by atoms with van der Waals surface area (Å²) in [6.07, 6.45) is 5.39. The van der Waals surface area contributed by atoms with Crippen LogP contribution in [0.2, 0.25) is 0 Å². The molecule has 2 saturated carbocycles. The van der Waals surface area contributed by atoms with Crippen LogP contribution in [-0.4, -0.2) is 36.3 Å². The molecule has 1 N–H and O–H groups in total. The third-order valence-corrected chi connectivity index (χ3v) is 6.41. The Balaban J connectivity index is 1.31. The van der Waals surface area contributed by atoms with Gasteiger partial charge in [0.05, 0.1) is 18.9 Å². The zero-order valence-electron chi connectivity index (χ0n) is 14.4. The Morgan fingerprint density at radius 3 is 2.42 bits per heavy atom. The maximum Gasteiger partial charge on any atom is 0.244 e. The van der Waals surface area contributed by atoms with Gasteiger partial charge in [-0.05, 0) is 42.2 Å². The highest BCUT2D eigenvalue weighted by atomic mass is 16.5. The summed E-state index contributed by atoms with van der Waals surface area (Å²) in [6, 6.07) is 6.99. The number of hydrogen-bond acceptors (Lipinski definition) is 4. The first kappa shape index (κ1) is 15.6. The lowest BCUT2D eigenvalue weighted by Gasteiger charge is -2.37. The molecule has 0 radical (unpaired) electrons. The van der Waals surface area contributed by atoms with Gasteiger partial charge in [-0.3, -0.25) is 19.3 Å². The molecule has 6 heteroatoms. The summed E-state index contributed by atoms with van der Waals surface area (Å²) < 4.78 is 5.14. The summed E-state index contributed by atoms with van der Waals surface area (Å²) >= 11 is 0. The Morgan fingerprint density at radius 1 is 1.15 bits per heavy atom. The average molecular weight is 352 g/mol. The average Bonchev–Trinajstić information content (AvgIpc) is 3.43. The number of hydrogen-bond donors (Lipinski definition) is 1. The highest BCUT2D eigenvalue weighted by Gasteiger charge is 2.67. The summed E-state index contributed by atoms with van der Waals surface area (Å²) in [5.74, 6) is 0.874. The number of allylic oxidation sites excluding steroid dienone is 2. The van der Waals surface area contributed by atoms with Gasteiger partial charge in [0.1, 0.15) is 12.3 Å². The van der Waals surface area contributed by atoms with Crippen LogP contribution in [0.5, 0.6) is 5.75 Å². The molecule has 1 aromatic rings. The molecular formula is C20H20N2O4. The largest absolute Gasteiger partial charge is 0.497 e. The van der Waals surface area contributed by atoms with Crippen molar-refractivity contribution in [2.45, 2.75) is 6.42 Å². The zero-order chi connectivity index (χ0) is 18.0. The quantitative estimate of drug-likeness (QED) is 0.661. The second kappa shape index (κ2) is 5.43. The molecule has 1 saturated heterocycles. The Morgan fingerprint density at radius 2 is 1.81 bits per heavy atom. The maximum atomic E-state index is 12.9. The van der Waals surface area contributed by atoms with E-state index >= 15 is 0 Å². The van der Waals surface area contributed by atoms with Gasteiger partial charge in [-0.15, -0.1) is 0 Å². The lowest BCUT2D eigenvalue weighted by molar-refractivity contribution is -0.142. The van der Waals surface area contributed by atoms with Gasteiger partial charge in [-0.1, -0.05) is 18.2 Å². The third-order valence-electron chi connectivity index (χ3n) is 6.41. The first-order valence-corrected chi connectivity index (χ1v) is 9.06. The topological polar surface area (TPSA) is 75.7 Å². The number of imide groups is 1. The summed E-state index contributed by atoms with van der Waals surface area (Å²) in [7, 11) is 1.55. The van der Waals surface area contributed by atoms with E-state index in [1.54, 1.807) is 31.4 Å². The Labute approximate surface area is 151 Å². The van der Waals surface area contributed by atoms with E-state index in [0.29, 0.717) is 23.3 Å². The van der Waals surface area contributed by atoms with E-state index in [4.69, 9.17) is 4.74 Å². The number of amides is 3. The molecule has 134 valence electrons. The minimum atomic E-state index is -0.371. The van der Waals surface area contributed by atoms with E-state index in [1.165, 1.54) is 4.90 Å². The molecular weight excluding hydrogens is 332 g/mol. The van der Waals surface area contributed by atoms with Gasteiger partial charge in [0.2, 0.25) is 17.7 Å². The number of benzene rings is 1. The highest BCUT2D eigenvalue weighted by molar-refractivity contribution is 6.09. The number of ether oxygens (including phenoxy) is 1. The molecule has 6 rings (SSSR count). The number of rotatable bonds is 4. The summed E-state index contributed by atoms with van der Waals surface area (Å²) in [6.45, 7) is -0.226. The van der Waals surface area contributed by atoms with E-state index in [1.807, 2.05) is 0 Å². The van der Waals surface area contributed by atoms with E-state index in [0.717, 1.165) is 6.42 Å². The number of likely N-dealkylation sites (tertiary alicyclic amines) is 1. The monoisotopic (exact) mass is 352 g/mol. The molecule has 1 heterocycles. The van der Waals surface area contributed by atoms with Crippen LogP contribution in [0, 0.1) is 35.5 Å². The second-order valence-corrected chi connectivity index (χ2v) is 7.70. The number of anilines is 1. The molecule has 6 nitrogen and oxygen atoms in total. The number of carbonyl (C=O) groups excluding carboxylic acids is 3. The molecule has 0 spiro atoms. The maximum absolute atomic E-state index is 12.9. The van der Waals surface area contributed by atoms with Crippen LogP contribution in [-0.2, 0) is 14.4 Å². The minimum absolute atomic E-state index is 0.175. The molecule has 1 aliphatic heterocycles. The van der Waals surface area contributed by atoms with Crippen molar-refractivity contribution in [3.05, 3.63) is 36.4 Å². The first-order valence-electron chi connectivity index (χ1n) is 9.06. The molecule has 4 aliphatic carbocycles. The zero-order valence-corrected chi connectivity index (χ0v) is 14.4. The standard InChI is InChI=1S/C20H20N2O4/c1-26-11-4-2-3-10(7-11)21-16(23)9-22-19(24)17-12-5-6-13(15-8-14(12)15)18(17)20(22)25/h2-7,12-15,17-18H,8-9H2,1H3,(H,21,23). The van der Waals surface area contributed by atoms with Gasteiger partial charge in [0.25, 0.3) is 0 Å².